The van der Waals surface area contributed by atoms with Crippen molar-refractivity contribution in [2.45, 2.75) is 39.0 Å². The van der Waals surface area contributed by atoms with Gasteiger partial charge < -0.3 is 10.1 Å². The lowest BCUT2D eigenvalue weighted by Gasteiger charge is -2.22. The minimum atomic E-state index is -3.53. The summed E-state index contributed by atoms with van der Waals surface area (Å²) in [6, 6.07) is 13.1. The molecule has 0 saturated carbocycles. The summed E-state index contributed by atoms with van der Waals surface area (Å²) in [6.45, 7) is 7.27. The number of nitrogens with one attached hydrogen (secondary N) is 1. The average molecular weight is 451 g/mol. The summed E-state index contributed by atoms with van der Waals surface area (Å²) in [4.78, 5) is 12.0. The van der Waals surface area contributed by atoms with Gasteiger partial charge >= 0.3 is 0 Å². The molecule has 6 nitrogen and oxygen atoms in total. The topological polar surface area (TPSA) is 75.7 Å². The summed E-state index contributed by atoms with van der Waals surface area (Å²) < 4.78 is 44.0. The fraction of sp³-hybridized carbons (Fsp3) is 0.435. The van der Waals surface area contributed by atoms with Gasteiger partial charge in [-0.3, -0.25) is 9.10 Å². The van der Waals surface area contributed by atoms with E-state index in [2.05, 4.69) is 26.1 Å². The van der Waals surface area contributed by atoms with Crippen LogP contribution in [-0.2, 0) is 20.2 Å². The highest BCUT2D eigenvalue weighted by Gasteiger charge is 2.17. The van der Waals surface area contributed by atoms with Crippen LogP contribution in [0.1, 0.15) is 39.2 Å². The fourth-order valence-corrected chi connectivity index (χ4v) is 3.94. The van der Waals surface area contributed by atoms with Gasteiger partial charge in [0.1, 0.15) is 18.2 Å². The number of benzene rings is 2. The number of hydrogen-bond acceptors (Lipinski definition) is 4. The molecule has 0 bridgehead atoms. The second-order valence-corrected chi connectivity index (χ2v) is 10.3. The SMILES string of the molecule is CC(C)(C)c1ccc(OCCNC(=O)CCCN(c2ccc(F)cc2)S(C)(=O)=O)cc1. The zero-order chi connectivity index (χ0) is 23.1. The lowest BCUT2D eigenvalue weighted by Crippen LogP contribution is -2.32. The van der Waals surface area contributed by atoms with Crippen LogP contribution in [0.3, 0.4) is 0 Å². The number of rotatable bonds is 10. The maximum absolute atomic E-state index is 13.1. The number of anilines is 1. The summed E-state index contributed by atoms with van der Waals surface area (Å²) in [5, 5.41) is 2.77. The third-order valence-corrected chi connectivity index (χ3v) is 5.89. The molecule has 2 aromatic carbocycles. The smallest absolute Gasteiger partial charge is 0.232 e. The monoisotopic (exact) mass is 450 g/mol. The first-order valence-electron chi connectivity index (χ1n) is 10.2. The summed E-state index contributed by atoms with van der Waals surface area (Å²) in [5.41, 5.74) is 1.67. The number of hydrogen-bond donors (Lipinski definition) is 1. The molecule has 0 aliphatic rings. The van der Waals surface area contributed by atoms with Gasteiger partial charge in [-0.25, -0.2) is 12.8 Å². The molecule has 0 unspecified atom stereocenters. The van der Waals surface area contributed by atoms with E-state index in [1.807, 2.05) is 24.3 Å². The van der Waals surface area contributed by atoms with E-state index in [0.29, 0.717) is 25.3 Å². The molecule has 0 aromatic heterocycles. The van der Waals surface area contributed by atoms with Gasteiger partial charge in [-0.15, -0.1) is 0 Å². The first-order chi connectivity index (χ1) is 14.5. The minimum Gasteiger partial charge on any atom is -0.492 e. The van der Waals surface area contributed by atoms with Gasteiger partial charge in [0.15, 0.2) is 0 Å². The summed E-state index contributed by atoms with van der Waals surface area (Å²) in [5.74, 6) is 0.119. The second kappa shape index (κ2) is 10.6. The van der Waals surface area contributed by atoms with E-state index in [4.69, 9.17) is 4.74 Å². The molecule has 0 aliphatic heterocycles. The van der Waals surface area contributed by atoms with E-state index in [1.165, 1.54) is 34.1 Å². The van der Waals surface area contributed by atoms with Crippen molar-refractivity contribution < 1.29 is 22.3 Å². The van der Waals surface area contributed by atoms with Gasteiger partial charge in [-0.2, -0.15) is 0 Å². The van der Waals surface area contributed by atoms with Crippen molar-refractivity contribution in [3.05, 3.63) is 59.9 Å². The highest BCUT2D eigenvalue weighted by atomic mass is 32.2. The highest BCUT2D eigenvalue weighted by Crippen LogP contribution is 2.24. The number of nitrogens with zero attached hydrogens (tertiary/aromatic N) is 1. The molecule has 31 heavy (non-hydrogen) atoms. The molecule has 2 aromatic rings. The molecule has 1 N–H and O–H groups in total. The quantitative estimate of drug-likeness (QED) is 0.558. The summed E-state index contributed by atoms with van der Waals surface area (Å²) >= 11 is 0. The van der Waals surface area contributed by atoms with Crippen molar-refractivity contribution in [1.29, 1.82) is 0 Å². The molecule has 0 fully saturated rings. The molecule has 0 heterocycles. The van der Waals surface area contributed by atoms with E-state index in [9.17, 15) is 17.6 Å². The minimum absolute atomic E-state index is 0.0793. The third-order valence-electron chi connectivity index (χ3n) is 4.69. The van der Waals surface area contributed by atoms with Crippen LogP contribution in [0, 0.1) is 5.82 Å². The van der Waals surface area contributed by atoms with Crippen molar-refractivity contribution in [3.8, 4) is 5.75 Å². The van der Waals surface area contributed by atoms with Crippen LogP contribution >= 0.6 is 0 Å². The van der Waals surface area contributed by atoms with Gasteiger partial charge in [0, 0.05) is 13.0 Å². The Balaban J connectivity index is 1.73. The zero-order valence-electron chi connectivity index (χ0n) is 18.5. The van der Waals surface area contributed by atoms with Crippen molar-refractivity contribution in [2.75, 3.05) is 30.3 Å². The van der Waals surface area contributed by atoms with Crippen LogP contribution in [0.4, 0.5) is 10.1 Å². The molecule has 0 aliphatic carbocycles. The molecule has 8 heteroatoms. The fourth-order valence-electron chi connectivity index (χ4n) is 2.98. The zero-order valence-corrected chi connectivity index (χ0v) is 19.3. The van der Waals surface area contributed by atoms with E-state index >= 15 is 0 Å². The molecule has 0 radical (unpaired) electrons. The van der Waals surface area contributed by atoms with Gasteiger partial charge in [0.25, 0.3) is 0 Å². The van der Waals surface area contributed by atoms with E-state index in [1.54, 1.807) is 0 Å². The predicted molar refractivity (Wildman–Crippen MR) is 121 cm³/mol. The molecule has 1 amide bonds. The number of sulfonamides is 1. The number of ether oxygens (including phenoxy) is 1. The normalized spacial score (nSPS) is 11.8. The van der Waals surface area contributed by atoms with Crippen molar-refractivity contribution >= 4 is 21.6 Å². The Hall–Kier alpha value is -2.61. The van der Waals surface area contributed by atoms with E-state index in [0.717, 1.165) is 12.0 Å². The van der Waals surface area contributed by atoms with Crippen LogP contribution in [0.5, 0.6) is 5.75 Å². The third kappa shape index (κ3) is 8.20. The highest BCUT2D eigenvalue weighted by molar-refractivity contribution is 7.92. The van der Waals surface area contributed by atoms with Crippen molar-refractivity contribution in [1.82, 2.24) is 5.32 Å². The molecule has 170 valence electrons. The molecule has 0 spiro atoms. The average Bonchev–Trinajstić information content (AvgIpc) is 2.68. The number of halogens is 1. The number of carbonyl (C=O) groups excluding carboxylic acids is 1. The standard InChI is InChI=1S/C23H31FN2O4S/c1-23(2,3)18-7-13-21(14-8-18)30-17-15-25-22(27)6-5-16-26(31(4,28)29)20-11-9-19(24)10-12-20/h7-14H,5-6,15-17H2,1-4H3,(H,25,27). The lowest BCUT2D eigenvalue weighted by atomic mass is 9.87. The van der Waals surface area contributed by atoms with E-state index < -0.39 is 15.8 Å². The molecular formula is C23H31FN2O4S. The second-order valence-electron chi connectivity index (χ2n) is 8.39. The van der Waals surface area contributed by atoms with Crippen molar-refractivity contribution in [2.24, 2.45) is 0 Å². The van der Waals surface area contributed by atoms with Gasteiger partial charge in [-0.1, -0.05) is 32.9 Å². The predicted octanol–water partition coefficient (Wildman–Crippen LogP) is 3.86. The Kier molecular flexibility index (Phi) is 8.44. The Morgan fingerprint density at radius 1 is 1.06 bits per heavy atom. The molecule has 0 saturated heterocycles. The maximum Gasteiger partial charge on any atom is 0.232 e. The van der Waals surface area contributed by atoms with Crippen molar-refractivity contribution in [3.63, 3.8) is 0 Å². The Morgan fingerprint density at radius 2 is 1.68 bits per heavy atom. The molecular weight excluding hydrogens is 419 g/mol. The van der Waals surface area contributed by atoms with Crippen LogP contribution in [0.2, 0.25) is 0 Å². The maximum atomic E-state index is 13.1. The molecule has 0 atom stereocenters. The number of carbonyl (C=O) groups is 1. The summed E-state index contributed by atoms with van der Waals surface area (Å²) in [6.07, 6.45) is 1.60. The van der Waals surface area contributed by atoms with Gasteiger partial charge in [0.05, 0.1) is 18.5 Å². The van der Waals surface area contributed by atoms with Crippen LogP contribution in [-0.4, -0.2) is 40.3 Å². The van der Waals surface area contributed by atoms with Crippen LogP contribution < -0.4 is 14.4 Å². The Labute approximate surface area is 184 Å². The summed E-state index contributed by atoms with van der Waals surface area (Å²) in [7, 11) is -3.53. The van der Waals surface area contributed by atoms with Gasteiger partial charge in [0.2, 0.25) is 15.9 Å². The largest absolute Gasteiger partial charge is 0.492 e. The first kappa shape index (κ1) is 24.7. The molecule has 2 rings (SSSR count). The Morgan fingerprint density at radius 3 is 2.23 bits per heavy atom. The first-order valence-corrected chi connectivity index (χ1v) is 12.0. The Bertz CT molecular complexity index is 953. The van der Waals surface area contributed by atoms with E-state index in [-0.39, 0.29) is 24.3 Å². The lowest BCUT2D eigenvalue weighted by molar-refractivity contribution is -0.121. The van der Waals surface area contributed by atoms with Crippen LogP contribution in [0.25, 0.3) is 0 Å². The number of amides is 1. The van der Waals surface area contributed by atoms with Crippen LogP contribution in [0.15, 0.2) is 48.5 Å². The van der Waals surface area contributed by atoms with Gasteiger partial charge in [-0.05, 0) is 53.8 Å².